The van der Waals surface area contributed by atoms with Crippen LogP contribution in [-0.2, 0) is 9.59 Å². The average molecular weight is 633 g/mol. The number of nitrogens with zero attached hydrogens (tertiary/aromatic N) is 1. The van der Waals surface area contributed by atoms with E-state index in [2.05, 4.69) is 16.0 Å². The van der Waals surface area contributed by atoms with Crippen LogP contribution in [0.5, 0.6) is 0 Å². The lowest BCUT2D eigenvalue weighted by Gasteiger charge is -2.16. The SMILES string of the molecule is CCC(Sc1cccc(NC(=O)/C(=C\c2ccc([N+](=O)[O-])cc2)NC(=O)c2ccccc2)c1)C(=O)Nc1ccc(F)c(Cl)c1. The van der Waals surface area contributed by atoms with Crippen LogP contribution >= 0.6 is 23.4 Å². The Kier molecular flexibility index (Phi) is 10.8. The fourth-order valence-corrected chi connectivity index (χ4v) is 5.12. The van der Waals surface area contributed by atoms with Gasteiger partial charge in [0.2, 0.25) is 5.91 Å². The van der Waals surface area contributed by atoms with Gasteiger partial charge in [0.1, 0.15) is 11.5 Å². The molecule has 0 aliphatic rings. The molecule has 224 valence electrons. The third-order valence-electron chi connectivity index (χ3n) is 6.16. The molecule has 1 atom stereocenters. The zero-order chi connectivity index (χ0) is 31.6. The molecular formula is C32H26ClFN4O5S. The molecule has 0 spiro atoms. The van der Waals surface area contributed by atoms with Crippen LogP contribution in [0.25, 0.3) is 6.08 Å². The molecule has 0 aliphatic heterocycles. The molecule has 1 unspecified atom stereocenters. The Bertz CT molecular complexity index is 1720. The molecule has 4 rings (SSSR count). The smallest absolute Gasteiger partial charge is 0.272 e. The Morgan fingerprint density at radius 3 is 2.30 bits per heavy atom. The number of nitro benzene ring substituents is 1. The van der Waals surface area contributed by atoms with E-state index in [9.17, 15) is 28.9 Å². The van der Waals surface area contributed by atoms with E-state index in [4.69, 9.17) is 11.6 Å². The van der Waals surface area contributed by atoms with Gasteiger partial charge in [-0.3, -0.25) is 24.5 Å². The van der Waals surface area contributed by atoms with Crippen LogP contribution in [0.3, 0.4) is 0 Å². The Morgan fingerprint density at radius 2 is 1.64 bits per heavy atom. The summed E-state index contributed by atoms with van der Waals surface area (Å²) in [6.45, 7) is 1.85. The molecule has 9 nitrogen and oxygen atoms in total. The van der Waals surface area contributed by atoms with E-state index in [0.717, 1.165) is 0 Å². The highest BCUT2D eigenvalue weighted by molar-refractivity contribution is 8.00. The highest BCUT2D eigenvalue weighted by atomic mass is 35.5. The molecule has 0 aliphatic carbocycles. The molecule has 3 N–H and O–H groups in total. The van der Waals surface area contributed by atoms with E-state index in [1.54, 1.807) is 54.6 Å². The van der Waals surface area contributed by atoms with Crippen molar-refractivity contribution >= 4 is 64.2 Å². The van der Waals surface area contributed by atoms with Crippen LogP contribution in [0.4, 0.5) is 21.5 Å². The van der Waals surface area contributed by atoms with Crippen molar-refractivity contribution in [2.75, 3.05) is 10.6 Å². The molecule has 3 amide bonds. The van der Waals surface area contributed by atoms with Crippen LogP contribution in [0, 0.1) is 15.9 Å². The summed E-state index contributed by atoms with van der Waals surface area (Å²) in [5.41, 5.74) is 1.36. The summed E-state index contributed by atoms with van der Waals surface area (Å²) >= 11 is 7.10. The van der Waals surface area contributed by atoms with Gasteiger partial charge in [0.15, 0.2) is 0 Å². The first-order valence-corrected chi connectivity index (χ1v) is 14.5. The molecular weight excluding hydrogens is 607 g/mol. The number of rotatable bonds is 11. The minimum absolute atomic E-state index is 0.0884. The Labute approximate surface area is 261 Å². The van der Waals surface area contributed by atoms with Gasteiger partial charge in [0.25, 0.3) is 17.5 Å². The Hall–Kier alpha value is -5.00. The number of nitrogens with one attached hydrogen (secondary N) is 3. The minimum Gasteiger partial charge on any atom is -0.325 e. The topological polar surface area (TPSA) is 130 Å². The molecule has 4 aromatic rings. The van der Waals surface area contributed by atoms with Crippen molar-refractivity contribution in [2.45, 2.75) is 23.5 Å². The molecule has 4 aromatic carbocycles. The van der Waals surface area contributed by atoms with Crippen molar-refractivity contribution in [3.05, 3.63) is 135 Å². The molecule has 0 heterocycles. The number of hydrogen-bond acceptors (Lipinski definition) is 6. The van der Waals surface area contributed by atoms with Gasteiger partial charge >= 0.3 is 0 Å². The first-order chi connectivity index (χ1) is 21.1. The summed E-state index contributed by atoms with van der Waals surface area (Å²) in [5, 5.41) is 18.6. The predicted octanol–water partition coefficient (Wildman–Crippen LogP) is 7.31. The van der Waals surface area contributed by atoms with Gasteiger partial charge in [-0.05, 0) is 78.7 Å². The fourth-order valence-electron chi connectivity index (χ4n) is 3.93. The number of thioether (sulfide) groups is 1. The Morgan fingerprint density at radius 1 is 0.932 bits per heavy atom. The number of halogens is 2. The van der Waals surface area contributed by atoms with Crippen LogP contribution in [0.1, 0.15) is 29.3 Å². The first-order valence-electron chi connectivity index (χ1n) is 13.3. The van der Waals surface area contributed by atoms with Crippen molar-refractivity contribution in [3.63, 3.8) is 0 Å². The second-order valence-corrected chi connectivity index (χ2v) is 11.0. The van der Waals surface area contributed by atoms with Crippen molar-refractivity contribution in [1.29, 1.82) is 0 Å². The summed E-state index contributed by atoms with van der Waals surface area (Å²) in [7, 11) is 0. The molecule has 0 bridgehead atoms. The van der Waals surface area contributed by atoms with Gasteiger partial charge in [-0.15, -0.1) is 11.8 Å². The predicted molar refractivity (Wildman–Crippen MR) is 170 cm³/mol. The van der Waals surface area contributed by atoms with Gasteiger partial charge < -0.3 is 16.0 Å². The van der Waals surface area contributed by atoms with Crippen molar-refractivity contribution in [3.8, 4) is 0 Å². The van der Waals surface area contributed by atoms with Crippen LogP contribution < -0.4 is 16.0 Å². The quantitative estimate of drug-likeness (QED) is 0.0688. The van der Waals surface area contributed by atoms with Crippen LogP contribution in [0.2, 0.25) is 5.02 Å². The maximum absolute atomic E-state index is 13.5. The lowest BCUT2D eigenvalue weighted by molar-refractivity contribution is -0.384. The molecule has 0 fully saturated rings. The second kappa shape index (κ2) is 14.9. The zero-order valence-corrected chi connectivity index (χ0v) is 24.8. The summed E-state index contributed by atoms with van der Waals surface area (Å²) < 4.78 is 13.5. The zero-order valence-electron chi connectivity index (χ0n) is 23.3. The van der Waals surface area contributed by atoms with Crippen molar-refractivity contribution < 1.29 is 23.7 Å². The minimum atomic E-state index is -0.632. The lowest BCUT2D eigenvalue weighted by atomic mass is 10.1. The lowest BCUT2D eigenvalue weighted by Crippen LogP contribution is -2.30. The van der Waals surface area contributed by atoms with E-state index in [-0.39, 0.29) is 22.3 Å². The molecule has 0 aromatic heterocycles. The average Bonchev–Trinajstić information content (AvgIpc) is 3.02. The number of carbonyl (C=O) groups is 3. The van der Waals surface area contributed by atoms with E-state index in [1.165, 1.54) is 60.3 Å². The molecule has 0 radical (unpaired) electrons. The third kappa shape index (κ3) is 8.76. The highest BCUT2D eigenvalue weighted by Crippen LogP contribution is 2.29. The number of hydrogen-bond donors (Lipinski definition) is 3. The Balaban J connectivity index is 1.51. The van der Waals surface area contributed by atoms with E-state index >= 15 is 0 Å². The highest BCUT2D eigenvalue weighted by Gasteiger charge is 2.20. The van der Waals surface area contributed by atoms with Crippen LogP contribution in [0.15, 0.2) is 108 Å². The fraction of sp³-hybridized carbons (Fsp3) is 0.0938. The summed E-state index contributed by atoms with van der Waals surface area (Å²) in [5.74, 6) is -2.04. The maximum atomic E-state index is 13.5. The van der Waals surface area contributed by atoms with Gasteiger partial charge in [-0.2, -0.15) is 0 Å². The number of nitro groups is 1. The number of anilines is 2. The summed E-state index contributed by atoms with van der Waals surface area (Å²) in [6.07, 6.45) is 1.90. The molecule has 12 heteroatoms. The number of amides is 3. The standard InChI is InChI=1S/C32H26ClFN4O5S/c1-2-29(32(41)36-23-13-16-27(34)26(33)19-23)44-25-10-6-9-22(18-25)35-31(40)28(37-30(39)21-7-4-3-5-8-21)17-20-11-14-24(15-12-20)38(42)43/h3-19,29H,2H2,1H3,(H,35,40)(H,36,41)(H,37,39)/b28-17+. The van der Waals surface area contributed by atoms with Gasteiger partial charge in [0, 0.05) is 34.0 Å². The van der Waals surface area contributed by atoms with Crippen LogP contribution in [-0.4, -0.2) is 27.9 Å². The van der Waals surface area contributed by atoms with E-state index < -0.39 is 27.8 Å². The molecule has 0 saturated heterocycles. The molecule has 0 saturated carbocycles. The monoisotopic (exact) mass is 632 g/mol. The van der Waals surface area contributed by atoms with Gasteiger partial charge in [-0.25, -0.2) is 4.39 Å². The van der Waals surface area contributed by atoms with Crippen molar-refractivity contribution in [2.24, 2.45) is 0 Å². The largest absolute Gasteiger partial charge is 0.325 e. The number of non-ortho nitro benzene ring substituents is 1. The van der Waals surface area contributed by atoms with E-state index in [1.807, 2.05) is 6.92 Å². The maximum Gasteiger partial charge on any atom is 0.272 e. The number of carbonyl (C=O) groups excluding carboxylic acids is 3. The number of benzene rings is 4. The van der Waals surface area contributed by atoms with E-state index in [0.29, 0.717) is 33.8 Å². The van der Waals surface area contributed by atoms with Crippen molar-refractivity contribution in [1.82, 2.24) is 5.32 Å². The normalized spacial score (nSPS) is 11.8. The molecule has 44 heavy (non-hydrogen) atoms. The first kappa shape index (κ1) is 31.9. The summed E-state index contributed by atoms with van der Waals surface area (Å²) in [6, 6.07) is 24.6. The second-order valence-electron chi connectivity index (χ2n) is 9.34. The van der Waals surface area contributed by atoms with Gasteiger partial charge in [-0.1, -0.05) is 42.8 Å². The third-order valence-corrected chi connectivity index (χ3v) is 7.81. The van der Waals surface area contributed by atoms with Gasteiger partial charge in [0.05, 0.1) is 15.2 Å². The summed E-state index contributed by atoms with van der Waals surface area (Å²) in [4.78, 5) is 50.4.